The molecule has 3 N–H and O–H groups in total. The first-order valence-electron chi connectivity index (χ1n) is 20.0. The monoisotopic (exact) mass is 774 g/mol. The fraction of sp³-hybridized carbons (Fsp3) is 0.265. The van der Waals surface area contributed by atoms with Crippen LogP contribution in [0, 0.1) is 13.8 Å². The minimum absolute atomic E-state index is 0.00679. The number of benzene rings is 3. The second-order valence-corrected chi connectivity index (χ2v) is 15.1. The van der Waals surface area contributed by atoms with Gasteiger partial charge in [-0.05, 0) is 109 Å². The fourth-order valence-corrected chi connectivity index (χ4v) is 7.71. The minimum atomic E-state index is -0.0734. The number of nitrogens with one attached hydrogen (secondary N) is 3. The van der Waals surface area contributed by atoms with Crippen molar-refractivity contribution in [3.63, 3.8) is 0 Å². The van der Waals surface area contributed by atoms with Crippen molar-refractivity contribution in [2.75, 3.05) is 19.4 Å². The highest BCUT2D eigenvalue weighted by Gasteiger charge is 2.18. The quantitative estimate of drug-likeness (QED) is 0.127. The topological polar surface area (TPSA) is 114 Å². The average Bonchev–Trinajstić information content (AvgIpc) is 3.85. The Hall–Kier alpha value is -6.48. The van der Waals surface area contributed by atoms with Crippen molar-refractivity contribution in [3.05, 3.63) is 154 Å². The second-order valence-electron chi connectivity index (χ2n) is 15.1. The number of allylic oxidation sites excluding steroid dienone is 2. The van der Waals surface area contributed by atoms with Crippen LogP contribution in [0.2, 0.25) is 0 Å². The second kappa shape index (κ2) is 18.6. The van der Waals surface area contributed by atoms with E-state index in [2.05, 4.69) is 77.1 Å². The van der Waals surface area contributed by atoms with Crippen LogP contribution in [0.5, 0.6) is 0 Å². The number of carbonyl (C=O) groups is 3. The minimum Gasteiger partial charge on any atom is -0.358 e. The molecule has 0 spiro atoms. The van der Waals surface area contributed by atoms with Gasteiger partial charge in [0, 0.05) is 79.1 Å². The molecule has 0 fully saturated rings. The Morgan fingerprint density at radius 3 is 2.00 bits per heavy atom. The Kier molecular flexibility index (Phi) is 13.2. The number of H-pyrrole nitrogens is 2. The average molecular weight is 775 g/mol. The molecular weight excluding hydrogens is 721 g/mol. The molecular formula is C49H54N6O3. The van der Waals surface area contributed by atoms with Crippen molar-refractivity contribution in [3.8, 4) is 0 Å². The summed E-state index contributed by atoms with van der Waals surface area (Å²) in [5, 5.41) is 5.08. The van der Waals surface area contributed by atoms with Crippen molar-refractivity contribution in [1.82, 2.24) is 24.8 Å². The number of fused-ring (bicyclic) bond motifs is 4. The Bertz CT molecular complexity index is 2540. The van der Waals surface area contributed by atoms with Gasteiger partial charge in [-0.1, -0.05) is 86.2 Å². The summed E-state index contributed by atoms with van der Waals surface area (Å²) in [6.07, 6.45) is 11.1. The molecule has 1 aliphatic heterocycles. The number of likely N-dealkylation sites (N-methyl/N-ethyl adjacent to an activating group) is 2. The molecule has 58 heavy (non-hydrogen) atoms. The van der Waals surface area contributed by atoms with Crippen molar-refractivity contribution < 1.29 is 14.4 Å². The number of nitrogens with zero attached hydrogens (tertiary/aromatic N) is 3. The largest absolute Gasteiger partial charge is 0.358 e. The number of anilines is 1. The van der Waals surface area contributed by atoms with E-state index in [4.69, 9.17) is 0 Å². The molecule has 3 aromatic carbocycles. The van der Waals surface area contributed by atoms with Crippen molar-refractivity contribution in [1.29, 1.82) is 0 Å². The van der Waals surface area contributed by atoms with Gasteiger partial charge in [0.15, 0.2) is 0 Å². The smallest absolute Gasteiger partial charge is 0.246 e. The van der Waals surface area contributed by atoms with Gasteiger partial charge in [0.05, 0.1) is 0 Å². The standard InChI is InChI=1S/C22H22N4O2.C14H16N2O.C13H16/c1-14-18(17-5-3-4-6-19(17)24-14)13-26(2)21(28)10-7-15-11-16-8-9-20(27)25-22(16)23-12-15;1-4-14(17)16(3)9-12-10(2)15-13-8-6-5-7-11(12)13;1-3-6-12-10(2)9-11-7-4-5-8-13(11)12/h3-7,10-12,24H,8-9,13H2,1-2H3,(H,23,25,27);4-8,15H,1,9H2,2-3H3;4-5,7-8H,3,6,9H2,1-2H3/b10-7+;;. The molecule has 9 nitrogen and oxygen atoms in total. The van der Waals surface area contributed by atoms with Crippen LogP contribution in [0.4, 0.5) is 5.82 Å². The van der Waals surface area contributed by atoms with E-state index < -0.39 is 0 Å². The third-order valence-electron chi connectivity index (χ3n) is 10.9. The third kappa shape index (κ3) is 9.54. The molecule has 0 radical (unpaired) electrons. The lowest BCUT2D eigenvalue weighted by Crippen LogP contribution is -2.24. The number of hydrogen-bond acceptors (Lipinski definition) is 4. The van der Waals surface area contributed by atoms with Gasteiger partial charge in [-0.25, -0.2) is 4.98 Å². The molecule has 9 heteroatoms. The van der Waals surface area contributed by atoms with Crippen LogP contribution in [0.25, 0.3) is 33.5 Å². The fourth-order valence-electron chi connectivity index (χ4n) is 7.71. The zero-order valence-electron chi connectivity index (χ0n) is 34.5. The molecule has 0 bridgehead atoms. The zero-order chi connectivity index (χ0) is 41.3. The molecule has 0 atom stereocenters. The van der Waals surface area contributed by atoms with Gasteiger partial charge < -0.3 is 25.1 Å². The molecule has 3 aromatic heterocycles. The van der Waals surface area contributed by atoms with Crippen LogP contribution in [0.3, 0.4) is 0 Å². The molecule has 0 unspecified atom stereocenters. The van der Waals surface area contributed by atoms with Gasteiger partial charge >= 0.3 is 0 Å². The summed E-state index contributed by atoms with van der Waals surface area (Å²) in [6, 6.07) is 27.0. The molecule has 1 aliphatic carbocycles. The Morgan fingerprint density at radius 2 is 1.38 bits per heavy atom. The third-order valence-corrected chi connectivity index (χ3v) is 10.9. The van der Waals surface area contributed by atoms with Crippen LogP contribution in [0.1, 0.15) is 77.9 Å². The Morgan fingerprint density at radius 1 is 0.793 bits per heavy atom. The van der Waals surface area contributed by atoms with Gasteiger partial charge in [-0.3, -0.25) is 14.4 Å². The van der Waals surface area contributed by atoms with Crippen LogP contribution in [-0.4, -0.2) is 56.6 Å². The highest BCUT2D eigenvalue weighted by atomic mass is 16.2. The molecule has 0 saturated heterocycles. The van der Waals surface area contributed by atoms with Crippen LogP contribution in [-0.2, 0) is 40.3 Å². The molecule has 4 heterocycles. The molecule has 2 aliphatic rings. The lowest BCUT2D eigenvalue weighted by atomic mass is 10.0. The number of amides is 3. The van der Waals surface area contributed by atoms with E-state index in [1.165, 1.54) is 47.4 Å². The first-order valence-corrected chi connectivity index (χ1v) is 20.0. The first kappa shape index (κ1) is 41.2. The molecule has 3 amide bonds. The number of aryl methyl sites for hydroxylation is 3. The first-order chi connectivity index (χ1) is 28.0. The maximum Gasteiger partial charge on any atom is 0.246 e. The Labute approximate surface area is 341 Å². The van der Waals surface area contributed by atoms with E-state index in [9.17, 15) is 14.4 Å². The van der Waals surface area contributed by atoms with Gasteiger partial charge in [-0.2, -0.15) is 0 Å². The molecule has 6 aromatic rings. The summed E-state index contributed by atoms with van der Waals surface area (Å²) in [7, 11) is 3.58. The number of para-hydroxylation sites is 2. The number of aromatic amines is 2. The van der Waals surface area contributed by atoms with Crippen LogP contribution < -0.4 is 5.32 Å². The summed E-state index contributed by atoms with van der Waals surface area (Å²) in [5.41, 5.74) is 14.7. The SMILES string of the molecule is C=CC(=O)N(C)Cc1c(C)[nH]c2ccccc12.CCCC1=C(C)Cc2ccccc21.Cc1[nH]c2ccccc2c1CN(C)C(=O)/C=C/c1cnc2c(c1)CCC(=O)N2. The van der Waals surface area contributed by atoms with Gasteiger partial charge in [0.1, 0.15) is 5.82 Å². The van der Waals surface area contributed by atoms with Gasteiger partial charge in [-0.15, -0.1) is 0 Å². The summed E-state index contributed by atoms with van der Waals surface area (Å²) >= 11 is 0. The highest BCUT2D eigenvalue weighted by Crippen LogP contribution is 2.35. The molecule has 0 saturated carbocycles. The van der Waals surface area contributed by atoms with E-state index in [1.807, 2.05) is 56.3 Å². The number of aromatic nitrogens is 3. The van der Waals surface area contributed by atoms with Crippen molar-refractivity contribution >= 4 is 57.0 Å². The van der Waals surface area contributed by atoms with Crippen molar-refractivity contribution in [2.24, 2.45) is 0 Å². The molecule has 8 rings (SSSR count). The van der Waals surface area contributed by atoms with Gasteiger partial charge in [0.25, 0.3) is 0 Å². The maximum atomic E-state index is 12.6. The summed E-state index contributed by atoms with van der Waals surface area (Å²) in [5.74, 6) is 0.477. The lowest BCUT2D eigenvalue weighted by Gasteiger charge is -2.16. The predicted molar refractivity (Wildman–Crippen MR) is 237 cm³/mol. The lowest BCUT2D eigenvalue weighted by molar-refractivity contribution is -0.126. The van der Waals surface area contributed by atoms with E-state index >= 15 is 0 Å². The normalized spacial score (nSPS) is 13.0. The van der Waals surface area contributed by atoms with Crippen molar-refractivity contribution in [2.45, 2.75) is 72.9 Å². The number of hydrogen-bond donors (Lipinski definition) is 3. The maximum absolute atomic E-state index is 12.6. The van der Waals surface area contributed by atoms with Gasteiger partial charge in [0.2, 0.25) is 17.7 Å². The summed E-state index contributed by atoms with van der Waals surface area (Å²) < 4.78 is 0. The predicted octanol–water partition coefficient (Wildman–Crippen LogP) is 9.86. The van der Waals surface area contributed by atoms with Crippen LogP contribution >= 0.6 is 0 Å². The molecule has 298 valence electrons. The number of rotatable bonds is 9. The summed E-state index contributed by atoms with van der Waals surface area (Å²) in [6.45, 7) is 13.2. The van der Waals surface area contributed by atoms with E-state index in [0.717, 1.165) is 44.5 Å². The van der Waals surface area contributed by atoms with E-state index in [1.54, 1.807) is 53.4 Å². The van der Waals surface area contributed by atoms with E-state index in [-0.39, 0.29) is 17.7 Å². The van der Waals surface area contributed by atoms with E-state index in [0.29, 0.717) is 31.7 Å². The number of carbonyl (C=O) groups excluding carboxylic acids is 3. The Balaban J connectivity index is 0.000000161. The van der Waals surface area contributed by atoms with Crippen LogP contribution in [0.15, 0.2) is 109 Å². The zero-order valence-corrected chi connectivity index (χ0v) is 34.5. The number of pyridine rings is 1. The highest BCUT2D eigenvalue weighted by molar-refractivity contribution is 5.94. The summed E-state index contributed by atoms with van der Waals surface area (Å²) in [4.78, 5) is 49.8.